The lowest BCUT2D eigenvalue weighted by Crippen LogP contribution is -2.32. The van der Waals surface area contributed by atoms with Crippen LogP contribution in [0.15, 0.2) is 0 Å². The van der Waals surface area contributed by atoms with E-state index in [0.717, 1.165) is 13.2 Å². The van der Waals surface area contributed by atoms with Gasteiger partial charge in [-0.15, -0.1) is 0 Å². The molecule has 1 heterocycles. The van der Waals surface area contributed by atoms with Crippen molar-refractivity contribution in [1.29, 1.82) is 0 Å². The maximum Gasteiger partial charge on any atom is 0.0590 e. The number of nitrogens with one attached hydrogen (secondary N) is 1. The molecular weight excluding hydrogens is 222 g/mol. The third-order valence-electron chi connectivity index (χ3n) is 3.97. The maximum absolute atomic E-state index is 5.75. The first-order chi connectivity index (χ1) is 8.86. The minimum Gasteiger partial charge on any atom is -0.378 e. The Morgan fingerprint density at radius 2 is 1.89 bits per heavy atom. The summed E-state index contributed by atoms with van der Waals surface area (Å²) in [5.41, 5.74) is 0. The van der Waals surface area contributed by atoms with Gasteiger partial charge in [-0.3, -0.25) is 0 Å². The van der Waals surface area contributed by atoms with E-state index in [1.165, 1.54) is 64.2 Å². The monoisotopic (exact) mass is 255 g/mol. The van der Waals surface area contributed by atoms with E-state index in [-0.39, 0.29) is 0 Å². The zero-order valence-corrected chi connectivity index (χ0v) is 12.5. The smallest absolute Gasteiger partial charge is 0.0590 e. The van der Waals surface area contributed by atoms with Crippen molar-refractivity contribution >= 4 is 0 Å². The molecule has 0 spiro atoms. The van der Waals surface area contributed by atoms with E-state index in [9.17, 15) is 0 Å². The van der Waals surface area contributed by atoms with Crippen molar-refractivity contribution in [2.75, 3.05) is 13.2 Å². The maximum atomic E-state index is 5.75. The Hall–Kier alpha value is -0.0800. The molecular formula is C16H33NO. The lowest BCUT2D eigenvalue weighted by Gasteiger charge is -2.21. The van der Waals surface area contributed by atoms with Gasteiger partial charge < -0.3 is 10.1 Å². The Balaban J connectivity index is 2.05. The molecule has 1 N–H and O–H groups in total. The second-order valence-electron chi connectivity index (χ2n) is 5.68. The molecule has 2 heteroatoms. The zero-order valence-electron chi connectivity index (χ0n) is 12.5. The van der Waals surface area contributed by atoms with Crippen LogP contribution in [-0.2, 0) is 4.74 Å². The summed E-state index contributed by atoms with van der Waals surface area (Å²) >= 11 is 0. The summed E-state index contributed by atoms with van der Waals surface area (Å²) in [6, 6.07) is 0.685. The van der Waals surface area contributed by atoms with Crippen LogP contribution < -0.4 is 5.32 Å². The highest BCUT2D eigenvalue weighted by Crippen LogP contribution is 2.19. The van der Waals surface area contributed by atoms with Crippen LogP contribution in [0.2, 0.25) is 0 Å². The highest BCUT2D eigenvalue weighted by molar-refractivity contribution is 4.74. The standard InChI is InChI=1S/C16H33NO/c1-3-5-6-7-8-9-11-15(17-4-2)14-16-12-10-13-18-16/h15-17H,3-14H2,1-2H3. The number of hydrogen-bond donors (Lipinski definition) is 1. The van der Waals surface area contributed by atoms with Crippen LogP contribution in [0.25, 0.3) is 0 Å². The first-order valence-electron chi connectivity index (χ1n) is 8.21. The molecule has 18 heavy (non-hydrogen) atoms. The van der Waals surface area contributed by atoms with Gasteiger partial charge in [-0.1, -0.05) is 52.4 Å². The highest BCUT2D eigenvalue weighted by Gasteiger charge is 2.19. The molecule has 1 rings (SSSR count). The van der Waals surface area contributed by atoms with E-state index in [1.54, 1.807) is 0 Å². The van der Waals surface area contributed by atoms with Gasteiger partial charge in [0.2, 0.25) is 0 Å². The molecule has 2 nitrogen and oxygen atoms in total. The second kappa shape index (κ2) is 10.8. The molecule has 0 amide bonds. The summed E-state index contributed by atoms with van der Waals surface area (Å²) in [4.78, 5) is 0. The van der Waals surface area contributed by atoms with Gasteiger partial charge in [0.25, 0.3) is 0 Å². The van der Waals surface area contributed by atoms with E-state index in [0.29, 0.717) is 12.1 Å². The van der Waals surface area contributed by atoms with Gasteiger partial charge in [-0.2, -0.15) is 0 Å². The molecule has 2 unspecified atom stereocenters. The van der Waals surface area contributed by atoms with Crippen LogP contribution in [0.4, 0.5) is 0 Å². The minimum atomic E-state index is 0.536. The van der Waals surface area contributed by atoms with E-state index in [1.807, 2.05) is 0 Å². The molecule has 1 aliphatic heterocycles. The zero-order chi connectivity index (χ0) is 13.1. The van der Waals surface area contributed by atoms with Crippen LogP contribution in [0.1, 0.15) is 78.1 Å². The summed E-state index contributed by atoms with van der Waals surface area (Å²) in [6.45, 7) is 6.57. The van der Waals surface area contributed by atoms with Crippen LogP contribution in [0.3, 0.4) is 0 Å². The molecule has 0 saturated carbocycles. The Morgan fingerprint density at radius 3 is 2.56 bits per heavy atom. The topological polar surface area (TPSA) is 21.3 Å². The summed E-state index contributed by atoms with van der Waals surface area (Å²) in [7, 11) is 0. The quantitative estimate of drug-likeness (QED) is 0.556. The summed E-state index contributed by atoms with van der Waals surface area (Å²) in [6.07, 6.45) is 14.0. The largest absolute Gasteiger partial charge is 0.378 e. The normalized spacial score (nSPS) is 21.3. The van der Waals surface area contributed by atoms with E-state index in [4.69, 9.17) is 4.74 Å². The number of rotatable bonds is 11. The van der Waals surface area contributed by atoms with Crippen LogP contribution in [0, 0.1) is 0 Å². The Labute approximate surface area is 114 Å². The van der Waals surface area contributed by atoms with Gasteiger partial charge in [0.05, 0.1) is 6.10 Å². The fourth-order valence-electron chi connectivity index (χ4n) is 2.91. The predicted molar refractivity (Wildman–Crippen MR) is 79.0 cm³/mol. The van der Waals surface area contributed by atoms with Crippen molar-refractivity contribution in [2.24, 2.45) is 0 Å². The molecule has 1 saturated heterocycles. The van der Waals surface area contributed by atoms with E-state index in [2.05, 4.69) is 19.2 Å². The molecule has 0 aromatic rings. The van der Waals surface area contributed by atoms with Crippen LogP contribution >= 0.6 is 0 Å². The molecule has 2 atom stereocenters. The number of unbranched alkanes of at least 4 members (excludes halogenated alkanes) is 5. The first kappa shape index (κ1) is 16.0. The number of hydrogen-bond acceptors (Lipinski definition) is 2. The Kier molecular flexibility index (Phi) is 9.59. The van der Waals surface area contributed by atoms with Crippen molar-refractivity contribution in [3.05, 3.63) is 0 Å². The third-order valence-corrected chi connectivity index (χ3v) is 3.97. The molecule has 0 bridgehead atoms. The van der Waals surface area contributed by atoms with Crippen molar-refractivity contribution in [3.63, 3.8) is 0 Å². The lowest BCUT2D eigenvalue weighted by atomic mass is 10.00. The van der Waals surface area contributed by atoms with Crippen molar-refractivity contribution in [2.45, 2.75) is 90.2 Å². The average Bonchev–Trinajstić information content (AvgIpc) is 2.86. The van der Waals surface area contributed by atoms with Crippen molar-refractivity contribution < 1.29 is 4.74 Å². The van der Waals surface area contributed by atoms with E-state index < -0.39 is 0 Å². The molecule has 1 aliphatic rings. The molecule has 0 aromatic carbocycles. The van der Waals surface area contributed by atoms with Crippen molar-refractivity contribution in [3.8, 4) is 0 Å². The Morgan fingerprint density at radius 1 is 1.11 bits per heavy atom. The van der Waals surface area contributed by atoms with E-state index >= 15 is 0 Å². The van der Waals surface area contributed by atoms with Crippen LogP contribution in [0.5, 0.6) is 0 Å². The average molecular weight is 255 g/mol. The number of ether oxygens (including phenoxy) is 1. The Bertz CT molecular complexity index is 178. The third kappa shape index (κ3) is 7.38. The molecule has 0 radical (unpaired) electrons. The fraction of sp³-hybridized carbons (Fsp3) is 1.00. The van der Waals surface area contributed by atoms with Gasteiger partial charge in [-0.25, -0.2) is 0 Å². The highest BCUT2D eigenvalue weighted by atomic mass is 16.5. The second-order valence-corrected chi connectivity index (χ2v) is 5.68. The molecule has 1 fully saturated rings. The first-order valence-corrected chi connectivity index (χ1v) is 8.21. The molecule has 0 aromatic heterocycles. The minimum absolute atomic E-state index is 0.536. The molecule has 108 valence electrons. The molecule has 0 aliphatic carbocycles. The van der Waals surface area contributed by atoms with Gasteiger partial charge in [-0.05, 0) is 32.2 Å². The van der Waals surface area contributed by atoms with Crippen LogP contribution in [-0.4, -0.2) is 25.3 Å². The summed E-state index contributed by atoms with van der Waals surface area (Å²) in [5, 5.41) is 3.63. The summed E-state index contributed by atoms with van der Waals surface area (Å²) in [5.74, 6) is 0. The lowest BCUT2D eigenvalue weighted by molar-refractivity contribution is 0.0935. The van der Waals surface area contributed by atoms with Gasteiger partial charge in [0.1, 0.15) is 0 Å². The van der Waals surface area contributed by atoms with Gasteiger partial charge in [0, 0.05) is 12.6 Å². The van der Waals surface area contributed by atoms with Gasteiger partial charge >= 0.3 is 0 Å². The predicted octanol–water partition coefficient (Wildman–Crippen LogP) is 4.28. The van der Waals surface area contributed by atoms with Gasteiger partial charge in [0.15, 0.2) is 0 Å². The fourth-order valence-corrected chi connectivity index (χ4v) is 2.91. The summed E-state index contributed by atoms with van der Waals surface area (Å²) < 4.78 is 5.75. The van der Waals surface area contributed by atoms with Crippen molar-refractivity contribution in [1.82, 2.24) is 5.32 Å². The SMILES string of the molecule is CCCCCCCCC(CC1CCCO1)NCC.